The van der Waals surface area contributed by atoms with Crippen LogP contribution in [0.1, 0.15) is 61.3 Å². The fourth-order valence-corrected chi connectivity index (χ4v) is 3.73. The van der Waals surface area contributed by atoms with Crippen LogP contribution >= 0.6 is 0 Å². The van der Waals surface area contributed by atoms with Crippen molar-refractivity contribution in [1.82, 2.24) is 30.0 Å². The Morgan fingerprint density at radius 1 is 1.27 bits per heavy atom. The van der Waals surface area contributed by atoms with E-state index in [0.29, 0.717) is 6.04 Å². The quantitative estimate of drug-likeness (QED) is 0.780. The number of hydrogen-bond donors (Lipinski definition) is 1. The van der Waals surface area contributed by atoms with E-state index >= 15 is 0 Å². The van der Waals surface area contributed by atoms with Gasteiger partial charge in [0.1, 0.15) is 0 Å². The Hall–Kier alpha value is -2.70. The van der Waals surface area contributed by atoms with E-state index in [1.165, 1.54) is 17.7 Å². The van der Waals surface area contributed by atoms with Crippen LogP contribution in [0.4, 0.5) is 5.69 Å². The fourth-order valence-electron chi connectivity index (χ4n) is 3.73. The molecule has 0 aliphatic heterocycles. The summed E-state index contributed by atoms with van der Waals surface area (Å²) < 4.78 is 3.76. The molecule has 0 fully saturated rings. The van der Waals surface area contributed by atoms with Crippen molar-refractivity contribution in [2.24, 2.45) is 7.05 Å². The molecule has 1 unspecified atom stereocenters. The lowest BCUT2D eigenvalue weighted by atomic mass is 9.93. The van der Waals surface area contributed by atoms with Gasteiger partial charge >= 0.3 is 0 Å². The molecule has 7 nitrogen and oxygen atoms in total. The summed E-state index contributed by atoms with van der Waals surface area (Å²) in [5.41, 5.74) is 5.83. The van der Waals surface area contributed by atoms with Crippen LogP contribution in [-0.4, -0.2) is 30.0 Å². The average Bonchev–Trinajstić information content (AvgIpc) is 3.21. The highest BCUT2D eigenvalue weighted by Crippen LogP contribution is 2.32. The van der Waals surface area contributed by atoms with E-state index in [-0.39, 0.29) is 5.92 Å². The Kier molecular flexibility index (Phi) is 4.22. The van der Waals surface area contributed by atoms with E-state index < -0.39 is 0 Å². The molecular formula is C19H25N7. The second-order valence-corrected chi connectivity index (χ2v) is 7.40. The van der Waals surface area contributed by atoms with Crippen LogP contribution < -0.4 is 5.32 Å². The maximum atomic E-state index is 4.59. The number of benzene rings is 1. The van der Waals surface area contributed by atoms with E-state index in [4.69, 9.17) is 0 Å². The van der Waals surface area contributed by atoms with Gasteiger partial charge < -0.3 is 5.32 Å². The number of rotatable bonds is 4. The lowest BCUT2D eigenvalue weighted by Gasteiger charge is -2.24. The number of anilines is 1. The van der Waals surface area contributed by atoms with Gasteiger partial charge in [-0.2, -0.15) is 9.78 Å². The van der Waals surface area contributed by atoms with Gasteiger partial charge in [-0.05, 0) is 60.4 Å². The van der Waals surface area contributed by atoms with Crippen molar-refractivity contribution in [3.05, 3.63) is 47.0 Å². The molecule has 136 valence electrons. The third kappa shape index (κ3) is 2.98. The van der Waals surface area contributed by atoms with E-state index in [1.54, 1.807) is 0 Å². The van der Waals surface area contributed by atoms with Crippen LogP contribution in [0.5, 0.6) is 0 Å². The molecule has 2 aromatic heterocycles. The number of aromatic nitrogens is 6. The van der Waals surface area contributed by atoms with Gasteiger partial charge in [-0.25, -0.2) is 0 Å². The number of tetrazole rings is 1. The van der Waals surface area contributed by atoms with E-state index in [9.17, 15) is 0 Å². The highest BCUT2D eigenvalue weighted by molar-refractivity contribution is 5.55. The van der Waals surface area contributed by atoms with E-state index in [2.05, 4.69) is 71.1 Å². The number of nitrogens with zero attached hydrogens (tertiary/aromatic N) is 6. The van der Waals surface area contributed by atoms with Crippen molar-refractivity contribution in [2.45, 2.75) is 52.0 Å². The molecule has 2 heterocycles. The maximum absolute atomic E-state index is 4.59. The molecule has 1 N–H and O–H groups in total. The van der Waals surface area contributed by atoms with Crippen molar-refractivity contribution in [1.29, 1.82) is 0 Å². The molecule has 0 spiro atoms. The Morgan fingerprint density at radius 2 is 2.12 bits per heavy atom. The standard InChI is InChI=1S/C19H25N7/c1-12(2)19-21-23-24-26(19)18-9-8-14(10-13(18)3)20-16-6-5-7-17-15(16)11-25(4)22-17/h8-12,16,20H,5-7H2,1-4H3. The number of fused-ring (bicyclic) bond motifs is 1. The van der Waals surface area contributed by atoms with E-state index in [0.717, 1.165) is 35.6 Å². The normalized spacial score (nSPS) is 16.7. The largest absolute Gasteiger partial charge is 0.378 e. The second kappa shape index (κ2) is 6.55. The third-order valence-corrected chi connectivity index (χ3v) is 5.00. The predicted molar refractivity (Wildman–Crippen MR) is 100 cm³/mol. The molecule has 1 aromatic carbocycles. The SMILES string of the molecule is Cc1cc(NC2CCCc3nn(C)cc32)ccc1-n1nnnc1C(C)C. The highest BCUT2D eigenvalue weighted by atomic mass is 15.5. The molecule has 7 heteroatoms. The van der Waals surface area contributed by atoms with Crippen molar-refractivity contribution in [2.75, 3.05) is 5.32 Å². The monoisotopic (exact) mass is 351 g/mol. The minimum absolute atomic E-state index is 0.272. The molecule has 0 amide bonds. The van der Waals surface area contributed by atoms with Gasteiger partial charge in [0.05, 0.1) is 17.4 Å². The Morgan fingerprint density at radius 3 is 2.88 bits per heavy atom. The van der Waals surface area contributed by atoms with Crippen molar-refractivity contribution in [3.63, 3.8) is 0 Å². The Balaban J connectivity index is 1.60. The summed E-state index contributed by atoms with van der Waals surface area (Å²) in [7, 11) is 1.99. The van der Waals surface area contributed by atoms with Crippen molar-refractivity contribution >= 4 is 5.69 Å². The minimum Gasteiger partial charge on any atom is -0.378 e. The summed E-state index contributed by atoms with van der Waals surface area (Å²) in [5, 5.41) is 20.4. The maximum Gasteiger partial charge on any atom is 0.159 e. The first kappa shape index (κ1) is 16.8. The van der Waals surface area contributed by atoms with Crippen molar-refractivity contribution in [3.8, 4) is 5.69 Å². The zero-order valence-electron chi connectivity index (χ0n) is 15.8. The van der Waals surface area contributed by atoms with E-state index in [1.807, 2.05) is 16.4 Å². The summed E-state index contributed by atoms with van der Waals surface area (Å²) in [6, 6.07) is 6.69. The first-order chi connectivity index (χ1) is 12.5. The number of hydrogen-bond acceptors (Lipinski definition) is 5. The van der Waals surface area contributed by atoms with Gasteiger partial charge in [0.2, 0.25) is 0 Å². The summed E-state index contributed by atoms with van der Waals surface area (Å²) in [6.07, 6.45) is 5.51. The van der Waals surface area contributed by atoms with Crippen LogP contribution in [0.25, 0.3) is 5.69 Å². The van der Waals surface area contributed by atoms with Gasteiger partial charge in [0.25, 0.3) is 0 Å². The smallest absolute Gasteiger partial charge is 0.159 e. The molecule has 26 heavy (non-hydrogen) atoms. The second-order valence-electron chi connectivity index (χ2n) is 7.40. The highest BCUT2D eigenvalue weighted by Gasteiger charge is 2.23. The summed E-state index contributed by atoms with van der Waals surface area (Å²) in [4.78, 5) is 0. The van der Waals surface area contributed by atoms with Gasteiger partial charge in [-0.1, -0.05) is 13.8 Å². The lowest BCUT2D eigenvalue weighted by Crippen LogP contribution is -2.16. The minimum atomic E-state index is 0.272. The molecule has 0 saturated carbocycles. The predicted octanol–water partition coefficient (Wildman–Crippen LogP) is 3.32. The van der Waals surface area contributed by atoms with Crippen LogP contribution in [0.2, 0.25) is 0 Å². The van der Waals surface area contributed by atoms with Gasteiger partial charge in [-0.15, -0.1) is 5.10 Å². The van der Waals surface area contributed by atoms with Crippen molar-refractivity contribution < 1.29 is 0 Å². The molecule has 1 aliphatic carbocycles. The molecule has 1 atom stereocenters. The van der Waals surface area contributed by atoms with Crippen LogP contribution in [0.15, 0.2) is 24.4 Å². The zero-order valence-corrected chi connectivity index (χ0v) is 15.8. The molecular weight excluding hydrogens is 326 g/mol. The number of aryl methyl sites for hydroxylation is 3. The fraction of sp³-hybridized carbons (Fsp3) is 0.474. The average molecular weight is 351 g/mol. The third-order valence-electron chi connectivity index (χ3n) is 5.00. The lowest BCUT2D eigenvalue weighted by molar-refractivity contribution is 0.593. The molecule has 3 aromatic rings. The Labute approximate surface area is 153 Å². The molecule has 0 radical (unpaired) electrons. The van der Waals surface area contributed by atoms with Gasteiger partial charge in [0.15, 0.2) is 5.82 Å². The molecule has 1 aliphatic rings. The van der Waals surface area contributed by atoms with Gasteiger partial charge in [0, 0.05) is 30.4 Å². The first-order valence-electron chi connectivity index (χ1n) is 9.21. The summed E-state index contributed by atoms with van der Waals surface area (Å²) >= 11 is 0. The number of nitrogens with one attached hydrogen (secondary N) is 1. The summed E-state index contributed by atoms with van der Waals surface area (Å²) in [5.74, 6) is 1.15. The topological polar surface area (TPSA) is 73.5 Å². The van der Waals surface area contributed by atoms with Gasteiger partial charge in [-0.3, -0.25) is 4.68 Å². The molecule has 0 bridgehead atoms. The zero-order chi connectivity index (χ0) is 18.3. The summed E-state index contributed by atoms with van der Waals surface area (Å²) in [6.45, 7) is 6.30. The van der Waals surface area contributed by atoms with Crippen LogP contribution in [0.3, 0.4) is 0 Å². The Bertz CT molecular complexity index is 922. The van der Waals surface area contributed by atoms with Crippen LogP contribution in [0, 0.1) is 6.92 Å². The first-order valence-corrected chi connectivity index (χ1v) is 9.21. The molecule has 0 saturated heterocycles. The molecule has 4 rings (SSSR count). The van der Waals surface area contributed by atoms with Crippen LogP contribution in [-0.2, 0) is 13.5 Å².